The van der Waals surface area contributed by atoms with Crippen molar-refractivity contribution in [1.82, 2.24) is 15.0 Å². The Morgan fingerprint density at radius 3 is 2.77 bits per heavy atom. The molecule has 1 amide bonds. The Labute approximate surface area is 148 Å². The van der Waals surface area contributed by atoms with Crippen molar-refractivity contribution in [3.05, 3.63) is 34.2 Å². The third-order valence-corrected chi connectivity index (χ3v) is 3.52. The van der Waals surface area contributed by atoms with Gasteiger partial charge in [0.05, 0.1) is 25.0 Å². The number of aromatic amines is 1. The third kappa shape index (κ3) is 4.13. The number of carbonyl (C=O) groups excluding carboxylic acids is 2. The lowest BCUT2D eigenvalue weighted by Gasteiger charge is -2.23. The molecule has 0 aromatic carbocycles. The molecule has 11 nitrogen and oxygen atoms in total. The van der Waals surface area contributed by atoms with E-state index in [1.165, 1.54) is 13.3 Å². The van der Waals surface area contributed by atoms with Gasteiger partial charge in [0.1, 0.15) is 11.8 Å². The summed E-state index contributed by atoms with van der Waals surface area (Å²) in [4.78, 5) is 45.1. The Hall–Kier alpha value is -3.47. The summed E-state index contributed by atoms with van der Waals surface area (Å²) >= 11 is 0. The van der Waals surface area contributed by atoms with Crippen LogP contribution in [0.3, 0.4) is 0 Å². The molecule has 26 heavy (non-hydrogen) atoms. The molecule has 2 heterocycles. The van der Waals surface area contributed by atoms with Gasteiger partial charge >= 0.3 is 0 Å². The number of methoxy groups -OCH3 is 1. The van der Waals surface area contributed by atoms with E-state index in [1.54, 1.807) is 19.1 Å². The van der Waals surface area contributed by atoms with Gasteiger partial charge in [0.2, 0.25) is 11.8 Å². The average molecular weight is 361 g/mol. The highest BCUT2D eigenvalue weighted by Gasteiger charge is 2.20. The number of hydrazine groups is 1. The Morgan fingerprint density at radius 1 is 1.50 bits per heavy atom. The number of H-pyrrole nitrogens is 1. The van der Waals surface area contributed by atoms with Crippen molar-refractivity contribution < 1.29 is 14.3 Å². The number of nitrogens with zero attached hydrogens (tertiary/aromatic N) is 3. The zero-order valence-corrected chi connectivity index (χ0v) is 14.2. The normalized spacial score (nSPS) is 11.5. The van der Waals surface area contributed by atoms with Crippen LogP contribution < -0.4 is 32.2 Å². The molecule has 0 unspecified atom stereocenters. The van der Waals surface area contributed by atoms with E-state index in [1.807, 2.05) is 0 Å². The van der Waals surface area contributed by atoms with E-state index in [-0.39, 0.29) is 23.8 Å². The first-order chi connectivity index (χ1) is 12.4. The second kappa shape index (κ2) is 8.07. The van der Waals surface area contributed by atoms with Crippen molar-refractivity contribution in [2.45, 2.75) is 19.4 Å². The van der Waals surface area contributed by atoms with Gasteiger partial charge < -0.3 is 20.6 Å². The molecular weight excluding hydrogens is 342 g/mol. The first kappa shape index (κ1) is 18.9. The highest BCUT2D eigenvalue weighted by atomic mass is 16.5. The number of nitrogens with one attached hydrogen (secondary N) is 2. The number of aldehydes is 1. The molecular formula is C15H19N7O4. The van der Waals surface area contributed by atoms with Crippen LogP contribution in [0.15, 0.2) is 23.1 Å². The van der Waals surface area contributed by atoms with Gasteiger partial charge in [-0.3, -0.25) is 19.6 Å². The highest BCUT2D eigenvalue weighted by Crippen LogP contribution is 2.20. The smallest absolute Gasteiger partial charge is 0.267 e. The number of primary amides is 1. The molecule has 0 aliphatic rings. The first-order valence-corrected chi connectivity index (χ1v) is 7.56. The van der Waals surface area contributed by atoms with Crippen molar-refractivity contribution in [1.29, 1.82) is 0 Å². The molecule has 0 spiro atoms. The third-order valence-electron chi connectivity index (χ3n) is 3.52. The maximum absolute atomic E-state index is 12.3. The van der Waals surface area contributed by atoms with Gasteiger partial charge in [-0.05, 0) is 13.0 Å². The summed E-state index contributed by atoms with van der Waals surface area (Å²) < 4.78 is 4.97. The maximum atomic E-state index is 12.3. The second-order valence-electron chi connectivity index (χ2n) is 5.35. The van der Waals surface area contributed by atoms with Crippen LogP contribution in [0, 0.1) is 0 Å². The molecule has 0 fully saturated rings. The van der Waals surface area contributed by atoms with E-state index < -0.39 is 17.5 Å². The predicted molar refractivity (Wildman–Crippen MR) is 94.3 cm³/mol. The van der Waals surface area contributed by atoms with Crippen LogP contribution in [0.1, 0.15) is 23.7 Å². The van der Waals surface area contributed by atoms with Crippen LogP contribution in [0.25, 0.3) is 0 Å². The zero-order chi connectivity index (χ0) is 19.3. The summed E-state index contributed by atoms with van der Waals surface area (Å²) in [5, 5.41) is 3.93. The van der Waals surface area contributed by atoms with Crippen LogP contribution in [-0.4, -0.2) is 40.3 Å². The number of rotatable bonds is 8. The summed E-state index contributed by atoms with van der Waals surface area (Å²) in [6.45, 7) is 1.68. The number of ether oxygens (including phenoxy) is 1. The fourth-order valence-electron chi connectivity index (χ4n) is 2.08. The minimum absolute atomic E-state index is 0.0293. The molecule has 11 heteroatoms. The van der Waals surface area contributed by atoms with E-state index in [9.17, 15) is 14.4 Å². The summed E-state index contributed by atoms with van der Waals surface area (Å²) in [5.41, 5.74) is 4.60. The molecule has 1 atom stereocenters. The van der Waals surface area contributed by atoms with Crippen LogP contribution in [0.2, 0.25) is 0 Å². The molecule has 2 rings (SSSR count). The Bertz CT molecular complexity index is 850. The van der Waals surface area contributed by atoms with Gasteiger partial charge in [-0.15, -0.1) is 0 Å². The summed E-state index contributed by atoms with van der Waals surface area (Å²) in [5.74, 6) is 5.20. The van der Waals surface area contributed by atoms with Crippen LogP contribution >= 0.6 is 0 Å². The van der Waals surface area contributed by atoms with Crippen LogP contribution in [-0.2, 0) is 4.79 Å². The Morgan fingerprint density at radius 2 is 2.23 bits per heavy atom. The van der Waals surface area contributed by atoms with E-state index in [4.69, 9.17) is 16.3 Å². The number of carbonyl (C=O) groups is 2. The molecule has 0 bridgehead atoms. The summed E-state index contributed by atoms with van der Waals surface area (Å²) in [7, 11) is 1.47. The van der Waals surface area contributed by atoms with Crippen molar-refractivity contribution in [3.8, 4) is 5.88 Å². The zero-order valence-electron chi connectivity index (χ0n) is 14.2. The van der Waals surface area contributed by atoms with Crippen molar-refractivity contribution in [2.24, 2.45) is 11.6 Å². The van der Waals surface area contributed by atoms with Crippen molar-refractivity contribution in [3.63, 3.8) is 0 Å². The molecule has 0 radical (unpaired) electrons. The minimum Gasteiger partial charge on any atom is -0.481 e. The van der Waals surface area contributed by atoms with Gasteiger partial charge in [0.25, 0.3) is 11.5 Å². The number of hydrogen-bond donors (Lipinski definition) is 4. The first-order valence-electron chi connectivity index (χ1n) is 7.56. The largest absolute Gasteiger partial charge is 0.481 e. The van der Waals surface area contributed by atoms with Gasteiger partial charge in [-0.25, -0.2) is 10.8 Å². The van der Waals surface area contributed by atoms with Gasteiger partial charge in [0, 0.05) is 12.5 Å². The molecule has 0 aliphatic heterocycles. The molecule has 0 saturated heterocycles. The standard InChI is InChI=1S/C15H19N7O4/c1-8(5-6-23)22(17)15-20-13(11(12(16)24)14(25)21-15)19-9-3-4-10(26-2)18-7-9/h3-4,6-8H,5,17H2,1-2H3,(H2,16,24)(H2,19,20,21,25)/t8-/m1/s1. The lowest BCUT2D eigenvalue weighted by molar-refractivity contribution is -0.108. The predicted octanol–water partition coefficient (Wildman–Crippen LogP) is -0.326. The van der Waals surface area contributed by atoms with Gasteiger partial charge in [0.15, 0.2) is 5.82 Å². The van der Waals surface area contributed by atoms with Crippen LogP contribution in [0.5, 0.6) is 5.88 Å². The molecule has 0 aliphatic carbocycles. The Balaban J connectivity index is 2.45. The van der Waals surface area contributed by atoms with E-state index in [2.05, 4.69) is 20.3 Å². The lowest BCUT2D eigenvalue weighted by Crippen LogP contribution is -2.42. The number of amides is 1. The number of pyridine rings is 1. The molecule has 0 saturated carbocycles. The van der Waals surface area contributed by atoms with E-state index in [0.717, 1.165) is 5.01 Å². The lowest BCUT2D eigenvalue weighted by atomic mass is 10.2. The number of aromatic nitrogens is 3. The summed E-state index contributed by atoms with van der Waals surface area (Å²) in [6, 6.07) is 2.78. The molecule has 6 N–H and O–H groups in total. The summed E-state index contributed by atoms with van der Waals surface area (Å²) in [6.07, 6.45) is 2.26. The minimum atomic E-state index is -0.959. The fourth-order valence-corrected chi connectivity index (χ4v) is 2.08. The monoisotopic (exact) mass is 361 g/mol. The topological polar surface area (TPSA) is 169 Å². The molecule has 2 aromatic heterocycles. The number of anilines is 3. The van der Waals surface area contributed by atoms with Gasteiger partial charge in [-0.1, -0.05) is 0 Å². The maximum Gasteiger partial charge on any atom is 0.267 e. The van der Waals surface area contributed by atoms with Crippen molar-refractivity contribution >= 4 is 29.6 Å². The molecule has 2 aromatic rings. The van der Waals surface area contributed by atoms with Gasteiger partial charge in [-0.2, -0.15) is 4.98 Å². The average Bonchev–Trinajstić information content (AvgIpc) is 2.61. The van der Waals surface area contributed by atoms with Crippen molar-refractivity contribution in [2.75, 3.05) is 17.4 Å². The quantitative estimate of drug-likeness (QED) is 0.279. The SMILES string of the molecule is COc1ccc(Nc2nc(N(N)[C@H](C)CC=O)[nH]c(=O)c2C(N)=O)cn1. The van der Waals surface area contributed by atoms with E-state index >= 15 is 0 Å². The Kier molecular flexibility index (Phi) is 5.86. The highest BCUT2D eigenvalue weighted by molar-refractivity contribution is 5.98. The number of hydrogen-bond acceptors (Lipinski definition) is 9. The van der Waals surface area contributed by atoms with E-state index in [0.29, 0.717) is 17.9 Å². The fraction of sp³-hybridized carbons (Fsp3) is 0.267. The van der Waals surface area contributed by atoms with Crippen LogP contribution in [0.4, 0.5) is 17.5 Å². The number of nitrogens with two attached hydrogens (primary N) is 2. The molecule has 138 valence electrons. The second-order valence-corrected chi connectivity index (χ2v) is 5.35.